The van der Waals surface area contributed by atoms with Crippen LogP contribution in [-0.4, -0.2) is 44.9 Å². The Morgan fingerprint density at radius 3 is 0.850 bits per heavy atom. The summed E-state index contributed by atoms with van der Waals surface area (Å²) in [6.45, 7) is 13.8. The van der Waals surface area contributed by atoms with Gasteiger partial charge in [-0.05, 0) is 134 Å². The zero-order valence-electron chi connectivity index (χ0n) is 73.5. The van der Waals surface area contributed by atoms with Gasteiger partial charge in [-0.25, -0.2) is 44.9 Å². The number of aromatic nitrogens is 9. The quantitative estimate of drug-likeness (QED) is 0.127. The smallest absolute Gasteiger partial charge is 0.164 e. The van der Waals surface area contributed by atoms with Gasteiger partial charge in [-0.1, -0.05) is 351 Å². The van der Waals surface area contributed by atoms with Crippen LogP contribution in [0.15, 0.2) is 400 Å². The number of fused-ring (bicyclic) bond motifs is 24. The van der Waals surface area contributed by atoms with Crippen molar-refractivity contribution in [3.63, 3.8) is 0 Å². The first kappa shape index (κ1) is 78.2. The summed E-state index contributed by atoms with van der Waals surface area (Å²) in [6.07, 6.45) is 0. The van der Waals surface area contributed by atoms with Crippen LogP contribution in [0.1, 0.15) is 74.9 Å². The molecule has 24 aromatic rings. The van der Waals surface area contributed by atoms with Crippen molar-refractivity contribution in [1.82, 2.24) is 44.9 Å². The van der Waals surface area contributed by atoms with E-state index < -0.39 is 0 Å². The van der Waals surface area contributed by atoms with Gasteiger partial charge < -0.3 is 17.7 Å². The fourth-order valence-electron chi connectivity index (χ4n) is 20.8. The summed E-state index contributed by atoms with van der Waals surface area (Å²) >= 11 is 0. The fraction of sp³-hybridized carbons (Fsp3) is 0.0750. The van der Waals surface area contributed by atoms with Crippen LogP contribution in [0.5, 0.6) is 0 Å². The molecule has 0 atom stereocenters. The van der Waals surface area contributed by atoms with Crippen LogP contribution in [0.25, 0.3) is 235 Å². The molecule has 13 heteroatoms. The van der Waals surface area contributed by atoms with Gasteiger partial charge >= 0.3 is 0 Å². The first-order valence-electron chi connectivity index (χ1n) is 45.0. The molecule has 17 aromatic carbocycles. The van der Waals surface area contributed by atoms with Gasteiger partial charge in [0.25, 0.3) is 0 Å². The molecule has 7 heterocycles. The average molecular weight is 1710 g/mol. The van der Waals surface area contributed by atoms with E-state index in [1.54, 1.807) is 0 Å². The summed E-state index contributed by atoms with van der Waals surface area (Å²) in [4.78, 5) is 45.1. The lowest BCUT2D eigenvalue weighted by atomic mass is 9.81. The summed E-state index contributed by atoms with van der Waals surface area (Å²) in [5.74, 6) is 5.83. The standard InChI is InChI=1S/C42H27N3O2.C42H29N3O.C36H25N3O/c1-42(2)32-16-10-15-30(36(32)29-21-20-28-26-13-6-9-18-34(26)47-38(28)37(29)42)41-44-39(24-11-4-3-5-12-24)43-40(45-41)25-19-22-35-31(23-25)27-14-7-8-17-33(27)46-35;1-42(2)35-25-29(20-21-31(35)33-22-23-34-32-18-9-10-19-36(32)46-38(34)37(33)42)28-16-11-17-30(24-28)41-44-39(26-12-5-3-6-13-26)43-40(45-41)27-14-7-4-8-15-27;1-36(2)28-18-11-17-27(30(28)26-21-20-25-24-16-9-10-19-29(24)40-32(25)31(26)36)35-38-33(22-12-5-3-6-13-22)37-34(39-35)23-14-7-4-8-15-23/h3-23H,1-2H3;3-25H,1-2H3;3-21H,1-2H3. The predicted octanol–water partition coefficient (Wildman–Crippen LogP) is 30.8. The Morgan fingerprint density at radius 2 is 0.444 bits per heavy atom. The number of nitrogens with zero attached hydrogens (tertiary/aromatic N) is 9. The third-order valence-corrected chi connectivity index (χ3v) is 27.2. The maximum Gasteiger partial charge on any atom is 0.164 e. The third kappa shape index (κ3) is 12.8. The van der Waals surface area contributed by atoms with Crippen molar-refractivity contribution in [3.05, 3.63) is 416 Å². The van der Waals surface area contributed by atoms with Crippen molar-refractivity contribution in [2.24, 2.45) is 0 Å². The Bertz CT molecular complexity index is 8750. The molecule has 0 fully saturated rings. The average Bonchev–Trinajstić information content (AvgIpc) is 1.55. The minimum absolute atomic E-state index is 0.227. The molecule has 3 aliphatic rings. The van der Waals surface area contributed by atoms with Crippen LogP contribution in [0.2, 0.25) is 0 Å². The van der Waals surface area contributed by atoms with Gasteiger partial charge in [0.15, 0.2) is 52.4 Å². The third-order valence-electron chi connectivity index (χ3n) is 27.2. The van der Waals surface area contributed by atoms with Crippen LogP contribution in [0, 0.1) is 0 Å². The first-order chi connectivity index (χ1) is 65.2. The molecule has 7 aromatic heterocycles. The van der Waals surface area contributed by atoms with Gasteiger partial charge in [-0.3, -0.25) is 0 Å². The lowest BCUT2D eigenvalue weighted by Gasteiger charge is -2.22. The molecule has 0 saturated carbocycles. The molecule has 133 heavy (non-hydrogen) atoms. The summed E-state index contributed by atoms with van der Waals surface area (Å²) in [7, 11) is 0. The number of rotatable bonds is 10. The van der Waals surface area contributed by atoms with Crippen molar-refractivity contribution in [2.75, 3.05) is 0 Å². The largest absolute Gasteiger partial charge is 0.456 e. The van der Waals surface area contributed by atoms with E-state index in [0.29, 0.717) is 52.4 Å². The molecule has 0 N–H and O–H groups in total. The molecule has 0 bridgehead atoms. The monoisotopic (exact) mass is 1710 g/mol. The van der Waals surface area contributed by atoms with E-state index in [9.17, 15) is 0 Å². The van der Waals surface area contributed by atoms with Crippen LogP contribution in [0.3, 0.4) is 0 Å². The summed E-state index contributed by atoms with van der Waals surface area (Å²) in [6, 6.07) is 131. The Balaban J connectivity index is 0.000000107. The molecular weight excluding hydrogens is 1630 g/mol. The van der Waals surface area contributed by atoms with Gasteiger partial charge in [0, 0.05) is 126 Å². The molecule has 0 radical (unpaired) electrons. The number of hydrogen-bond acceptors (Lipinski definition) is 13. The van der Waals surface area contributed by atoms with E-state index in [1.807, 2.05) is 212 Å². The fourth-order valence-corrected chi connectivity index (χ4v) is 20.8. The molecule has 3 aliphatic carbocycles. The summed E-state index contributed by atoms with van der Waals surface area (Å²) < 4.78 is 25.7. The van der Waals surface area contributed by atoms with Crippen molar-refractivity contribution >= 4 is 87.8 Å². The maximum atomic E-state index is 6.57. The highest BCUT2D eigenvalue weighted by Gasteiger charge is 2.44. The first-order valence-corrected chi connectivity index (χ1v) is 45.0. The van der Waals surface area contributed by atoms with E-state index in [-0.39, 0.29) is 16.2 Å². The zero-order valence-corrected chi connectivity index (χ0v) is 73.5. The van der Waals surface area contributed by atoms with Crippen molar-refractivity contribution in [3.8, 4) is 147 Å². The van der Waals surface area contributed by atoms with Crippen molar-refractivity contribution in [2.45, 2.75) is 57.8 Å². The second-order valence-corrected chi connectivity index (χ2v) is 36.1. The maximum absolute atomic E-state index is 6.57. The Labute approximate surface area is 765 Å². The number of furan rings is 4. The van der Waals surface area contributed by atoms with Gasteiger partial charge in [0.05, 0.1) is 0 Å². The van der Waals surface area contributed by atoms with Crippen LogP contribution < -0.4 is 0 Å². The van der Waals surface area contributed by atoms with Gasteiger partial charge in [-0.2, -0.15) is 0 Å². The van der Waals surface area contributed by atoms with E-state index in [2.05, 4.69) is 211 Å². The van der Waals surface area contributed by atoms with Crippen LogP contribution in [0.4, 0.5) is 0 Å². The van der Waals surface area contributed by atoms with Crippen molar-refractivity contribution in [1.29, 1.82) is 0 Å². The van der Waals surface area contributed by atoms with Gasteiger partial charge in [0.2, 0.25) is 0 Å². The van der Waals surface area contributed by atoms with E-state index in [1.165, 1.54) is 55.5 Å². The summed E-state index contributed by atoms with van der Waals surface area (Å²) in [5, 5.41) is 9.00. The van der Waals surface area contributed by atoms with Crippen LogP contribution >= 0.6 is 0 Å². The highest BCUT2D eigenvalue weighted by atomic mass is 16.3. The van der Waals surface area contributed by atoms with Gasteiger partial charge in [0.1, 0.15) is 44.7 Å². The predicted molar refractivity (Wildman–Crippen MR) is 536 cm³/mol. The molecule has 630 valence electrons. The molecule has 27 rings (SSSR count). The number of hydrogen-bond donors (Lipinski definition) is 0. The lowest BCUT2D eigenvalue weighted by Crippen LogP contribution is -2.15. The molecule has 0 amide bonds. The second kappa shape index (κ2) is 30.6. The lowest BCUT2D eigenvalue weighted by molar-refractivity contribution is 0.619. The molecule has 0 saturated heterocycles. The molecule has 0 aliphatic heterocycles. The SMILES string of the molecule is CC1(C)c2cc(-c3cccc(-c4nc(-c5ccccc5)nc(-c5ccccc5)n4)c3)ccc2-c2ccc3c(oc4ccccc43)c21.CC1(C)c2cccc(-c3nc(-c4ccccc4)nc(-c4ccc5oc6ccccc6c5c4)n3)c2-c2ccc3c(oc4ccccc43)c21.CC1(C)c2cccc(-c3nc(-c4ccccc4)nc(-c4ccccc4)n3)c2-c2ccc3c(oc4ccccc43)c21. The zero-order chi connectivity index (χ0) is 89.0. The highest BCUT2D eigenvalue weighted by molar-refractivity contribution is 6.13. The van der Waals surface area contributed by atoms with E-state index in [0.717, 1.165) is 160 Å². The molecule has 13 nitrogen and oxygen atoms in total. The minimum atomic E-state index is -0.292. The Hall–Kier alpha value is -17.0. The van der Waals surface area contributed by atoms with Crippen LogP contribution in [-0.2, 0) is 16.2 Å². The number of para-hydroxylation sites is 4. The van der Waals surface area contributed by atoms with E-state index in [4.69, 9.17) is 62.5 Å². The molecular formula is C120H81N9O4. The number of benzene rings is 17. The Morgan fingerprint density at radius 1 is 0.165 bits per heavy atom. The highest BCUT2D eigenvalue weighted by Crippen LogP contribution is 2.59. The summed E-state index contributed by atoms with van der Waals surface area (Å²) in [5.41, 5.74) is 32.0. The Kier molecular flexibility index (Phi) is 18.0. The minimum Gasteiger partial charge on any atom is -0.456 e. The van der Waals surface area contributed by atoms with Gasteiger partial charge in [-0.15, -0.1) is 0 Å². The van der Waals surface area contributed by atoms with Crippen molar-refractivity contribution < 1.29 is 17.7 Å². The van der Waals surface area contributed by atoms with E-state index >= 15 is 0 Å². The topological polar surface area (TPSA) is 169 Å². The molecule has 0 unspecified atom stereocenters. The second-order valence-electron chi connectivity index (χ2n) is 36.1. The molecule has 0 spiro atoms. The normalized spacial score (nSPS) is 13.4.